The van der Waals surface area contributed by atoms with Crippen molar-refractivity contribution in [2.75, 3.05) is 18.8 Å². The molecule has 8 heteroatoms. The van der Waals surface area contributed by atoms with Gasteiger partial charge in [0.15, 0.2) is 0 Å². The lowest BCUT2D eigenvalue weighted by molar-refractivity contribution is 0.0762. The van der Waals surface area contributed by atoms with Crippen molar-refractivity contribution in [2.24, 2.45) is 0 Å². The summed E-state index contributed by atoms with van der Waals surface area (Å²) in [6.07, 6.45) is 0.713. The maximum atomic E-state index is 13.0. The second kappa shape index (κ2) is 8.61. The lowest BCUT2D eigenvalue weighted by atomic mass is 10.0. The molecule has 1 fully saturated rings. The highest BCUT2D eigenvalue weighted by molar-refractivity contribution is 7.99. The monoisotopic (exact) mass is 425 g/mol. The van der Waals surface area contributed by atoms with Crippen LogP contribution in [0, 0.1) is 6.92 Å². The maximum Gasteiger partial charge on any atom is 0.341 e. The molecule has 0 radical (unpaired) electrons. The summed E-state index contributed by atoms with van der Waals surface area (Å²) in [7, 11) is -4.85. The molecule has 0 spiro atoms. The Kier molecular flexibility index (Phi) is 6.40. The van der Waals surface area contributed by atoms with Gasteiger partial charge in [0.2, 0.25) is 9.84 Å². The minimum absolute atomic E-state index is 0.192. The van der Waals surface area contributed by atoms with Crippen LogP contribution in [0.3, 0.4) is 0 Å². The standard InChI is InChI=1S/C20H21F2NO3S2/c1-14-6-2-3-7-15(14)17-10-11-23(12-13-27-17)19(24)16-8-4-5-9-18(16)28(25,26)20(21)22/h2-9,17,20H,10-13H2,1H3/t17-/m1/s1. The molecule has 0 aromatic heterocycles. The number of carbonyl (C=O) groups is 1. The molecule has 1 saturated heterocycles. The van der Waals surface area contributed by atoms with Crippen molar-refractivity contribution in [1.82, 2.24) is 4.90 Å². The first kappa shape index (κ1) is 20.8. The highest BCUT2D eigenvalue weighted by Gasteiger charge is 2.32. The average Bonchev–Trinajstić information content (AvgIpc) is 2.94. The van der Waals surface area contributed by atoms with Crippen LogP contribution in [0.2, 0.25) is 0 Å². The number of halogens is 2. The van der Waals surface area contributed by atoms with Crippen LogP contribution in [0.1, 0.15) is 33.2 Å². The highest BCUT2D eigenvalue weighted by atomic mass is 32.2. The molecule has 0 bridgehead atoms. The van der Waals surface area contributed by atoms with E-state index in [0.29, 0.717) is 25.3 Å². The van der Waals surface area contributed by atoms with Gasteiger partial charge in [-0.2, -0.15) is 20.5 Å². The van der Waals surface area contributed by atoms with Crippen molar-refractivity contribution < 1.29 is 22.0 Å². The normalized spacial score (nSPS) is 18.1. The SMILES string of the molecule is Cc1ccccc1[C@H]1CCN(C(=O)c2ccccc2S(=O)(=O)C(F)F)CCS1. The molecule has 28 heavy (non-hydrogen) atoms. The molecule has 1 atom stereocenters. The van der Waals surface area contributed by atoms with Crippen molar-refractivity contribution >= 4 is 27.5 Å². The number of nitrogens with zero attached hydrogens (tertiary/aromatic N) is 1. The van der Waals surface area contributed by atoms with Crippen LogP contribution < -0.4 is 0 Å². The van der Waals surface area contributed by atoms with E-state index in [4.69, 9.17) is 0 Å². The lowest BCUT2D eigenvalue weighted by Gasteiger charge is -2.22. The van der Waals surface area contributed by atoms with Gasteiger partial charge < -0.3 is 4.90 Å². The van der Waals surface area contributed by atoms with E-state index in [2.05, 4.69) is 19.1 Å². The third kappa shape index (κ3) is 4.22. The van der Waals surface area contributed by atoms with E-state index in [9.17, 15) is 22.0 Å². The van der Waals surface area contributed by atoms with E-state index < -0.39 is 26.4 Å². The summed E-state index contributed by atoms with van der Waals surface area (Å²) in [4.78, 5) is 13.9. The zero-order valence-electron chi connectivity index (χ0n) is 15.3. The van der Waals surface area contributed by atoms with Gasteiger partial charge in [-0.3, -0.25) is 4.79 Å². The largest absolute Gasteiger partial charge is 0.341 e. The fourth-order valence-corrected chi connectivity index (χ4v) is 5.58. The Bertz CT molecular complexity index is 963. The van der Waals surface area contributed by atoms with Crippen molar-refractivity contribution in [3.63, 3.8) is 0 Å². The first-order valence-corrected chi connectivity index (χ1v) is 11.5. The Morgan fingerprint density at radius 3 is 2.50 bits per heavy atom. The maximum absolute atomic E-state index is 13.0. The summed E-state index contributed by atoms with van der Waals surface area (Å²) in [5, 5.41) is 0.235. The number of aryl methyl sites for hydroxylation is 1. The lowest BCUT2D eigenvalue weighted by Crippen LogP contribution is -2.34. The van der Waals surface area contributed by atoms with Gasteiger partial charge >= 0.3 is 5.76 Å². The third-order valence-corrected chi connectivity index (χ3v) is 7.57. The van der Waals surface area contributed by atoms with Crippen molar-refractivity contribution in [1.29, 1.82) is 0 Å². The van der Waals surface area contributed by atoms with Gasteiger partial charge in [0.1, 0.15) is 0 Å². The number of rotatable bonds is 4. The highest BCUT2D eigenvalue weighted by Crippen LogP contribution is 2.36. The van der Waals surface area contributed by atoms with Gasteiger partial charge in [0.05, 0.1) is 10.5 Å². The molecule has 4 nitrogen and oxygen atoms in total. The van der Waals surface area contributed by atoms with Gasteiger partial charge in [0, 0.05) is 24.1 Å². The third-order valence-electron chi connectivity index (χ3n) is 4.82. The summed E-state index contributed by atoms with van der Waals surface area (Å²) in [6.45, 7) is 2.93. The van der Waals surface area contributed by atoms with E-state index in [1.54, 1.807) is 16.7 Å². The molecule has 0 saturated carbocycles. The molecule has 1 heterocycles. The van der Waals surface area contributed by atoms with E-state index >= 15 is 0 Å². The molecule has 1 amide bonds. The second-order valence-corrected chi connectivity index (χ2v) is 9.80. The second-order valence-electron chi connectivity index (χ2n) is 6.60. The zero-order valence-corrected chi connectivity index (χ0v) is 17.0. The number of hydrogen-bond donors (Lipinski definition) is 0. The van der Waals surface area contributed by atoms with Crippen molar-refractivity contribution in [3.8, 4) is 0 Å². The number of sulfone groups is 1. The quantitative estimate of drug-likeness (QED) is 0.733. The molecule has 2 aromatic carbocycles. The van der Waals surface area contributed by atoms with Crippen molar-refractivity contribution in [3.05, 3.63) is 65.2 Å². The summed E-state index contributed by atoms with van der Waals surface area (Å²) < 4.78 is 49.9. The van der Waals surface area contributed by atoms with Crippen molar-refractivity contribution in [2.45, 2.75) is 29.2 Å². The number of benzene rings is 2. The molecule has 3 rings (SSSR count). The number of hydrogen-bond acceptors (Lipinski definition) is 4. The molecule has 0 N–H and O–H groups in total. The smallest absolute Gasteiger partial charge is 0.338 e. The fourth-order valence-electron chi connectivity index (χ4n) is 3.33. The molecule has 1 aliphatic heterocycles. The Morgan fingerprint density at radius 2 is 1.79 bits per heavy atom. The zero-order chi connectivity index (χ0) is 20.3. The average molecular weight is 426 g/mol. The summed E-state index contributed by atoms with van der Waals surface area (Å²) in [5.74, 6) is -3.40. The van der Waals surface area contributed by atoms with Gasteiger partial charge in [-0.1, -0.05) is 36.4 Å². The predicted octanol–water partition coefficient (Wildman–Crippen LogP) is 4.31. The number of carbonyl (C=O) groups excluding carboxylic acids is 1. The van der Waals surface area contributed by atoms with E-state index in [0.717, 1.165) is 6.07 Å². The van der Waals surface area contributed by atoms with Crippen LogP contribution in [0.4, 0.5) is 8.78 Å². The Hall–Kier alpha value is -1.93. The first-order chi connectivity index (χ1) is 13.3. The molecule has 1 aliphatic rings. The number of thioether (sulfide) groups is 1. The number of amides is 1. The Labute approximate surface area is 167 Å². The molecule has 0 aliphatic carbocycles. The van der Waals surface area contributed by atoms with Crippen LogP contribution in [-0.2, 0) is 9.84 Å². The predicted molar refractivity (Wildman–Crippen MR) is 107 cm³/mol. The molecule has 2 aromatic rings. The molecule has 0 unspecified atom stereocenters. The van der Waals surface area contributed by atoms with Gasteiger partial charge in [-0.05, 0) is 36.6 Å². The summed E-state index contributed by atoms with van der Waals surface area (Å²) in [6, 6.07) is 13.3. The Morgan fingerprint density at radius 1 is 1.11 bits per heavy atom. The summed E-state index contributed by atoms with van der Waals surface area (Å²) >= 11 is 1.75. The van der Waals surface area contributed by atoms with Gasteiger partial charge in [-0.25, -0.2) is 8.42 Å². The minimum atomic E-state index is -4.85. The summed E-state index contributed by atoms with van der Waals surface area (Å²) in [5.41, 5.74) is 2.22. The fraction of sp³-hybridized carbons (Fsp3) is 0.350. The minimum Gasteiger partial charge on any atom is -0.338 e. The van der Waals surface area contributed by atoms with Crippen LogP contribution in [-0.4, -0.2) is 43.8 Å². The molecular weight excluding hydrogens is 404 g/mol. The van der Waals surface area contributed by atoms with Crippen LogP contribution in [0.5, 0.6) is 0 Å². The molecular formula is C20H21F2NO3S2. The number of alkyl halides is 2. The van der Waals surface area contributed by atoms with Gasteiger partial charge in [-0.15, -0.1) is 0 Å². The van der Waals surface area contributed by atoms with Crippen LogP contribution in [0.15, 0.2) is 53.4 Å². The first-order valence-electron chi connectivity index (χ1n) is 8.90. The van der Waals surface area contributed by atoms with E-state index in [1.165, 1.54) is 29.3 Å². The van der Waals surface area contributed by atoms with Crippen LogP contribution in [0.25, 0.3) is 0 Å². The molecule has 150 valence electrons. The van der Waals surface area contributed by atoms with E-state index in [1.807, 2.05) is 12.1 Å². The topological polar surface area (TPSA) is 54.5 Å². The van der Waals surface area contributed by atoms with E-state index in [-0.39, 0.29) is 10.8 Å². The van der Waals surface area contributed by atoms with Gasteiger partial charge in [0.25, 0.3) is 5.91 Å². The van der Waals surface area contributed by atoms with Crippen LogP contribution >= 0.6 is 11.8 Å². The Balaban J connectivity index is 1.83.